The van der Waals surface area contributed by atoms with E-state index in [0.717, 1.165) is 17.7 Å². The maximum atomic E-state index is 11.2. The van der Waals surface area contributed by atoms with E-state index >= 15 is 0 Å². The van der Waals surface area contributed by atoms with Crippen LogP contribution in [0.15, 0.2) is 30.9 Å². The smallest absolute Gasteiger partial charge is 0.260 e. The molecule has 3 aromatic heterocycles. The van der Waals surface area contributed by atoms with Crippen LogP contribution in [0.4, 0.5) is 5.95 Å². The number of nitrogens with one attached hydrogen (secondary N) is 1. The summed E-state index contributed by atoms with van der Waals surface area (Å²) >= 11 is 1.21. The van der Waals surface area contributed by atoms with Crippen LogP contribution in [0.2, 0.25) is 0 Å². The van der Waals surface area contributed by atoms with Crippen molar-refractivity contribution in [1.29, 1.82) is 0 Å². The molecule has 3 rings (SSSR count). The largest absolute Gasteiger partial charge is 0.365 e. The van der Waals surface area contributed by atoms with Gasteiger partial charge in [-0.05, 0) is 26.3 Å². The van der Waals surface area contributed by atoms with Crippen LogP contribution in [-0.4, -0.2) is 30.8 Å². The number of aryl methyl sites for hydroxylation is 1. The number of thiazole rings is 1. The van der Waals surface area contributed by atoms with Gasteiger partial charge >= 0.3 is 0 Å². The fourth-order valence-electron chi connectivity index (χ4n) is 2.25. The number of amides is 1. The number of anilines is 1. The van der Waals surface area contributed by atoms with E-state index < -0.39 is 11.4 Å². The summed E-state index contributed by atoms with van der Waals surface area (Å²) in [5.74, 6) is 0.635. The molecule has 0 radical (unpaired) electrons. The van der Waals surface area contributed by atoms with E-state index in [0.29, 0.717) is 21.7 Å². The highest BCUT2D eigenvalue weighted by Crippen LogP contribution is 2.25. The van der Waals surface area contributed by atoms with E-state index in [4.69, 9.17) is 5.73 Å². The Labute approximate surface area is 155 Å². The average Bonchev–Trinajstić information content (AvgIpc) is 3.12. The number of rotatable bonds is 6. The third-order valence-electron chi connectivity index (χ3n) is 3.71. The Morgan fingerprint density at radius 3 is 2.54 bits per heavy atom. The summed E-state index contributed by atoms with van der Waals surface area (Å²) in [7, 11) is 0. The minimum atomic E-state index is -0.535. The van der Waals surface area contributed by atoms with E-state index in [1.807, 2.05) is 19.9 Å². The lowest BCUT2D eigenvalue weighted by Gasteiger charge is -2.24. The van der Waals surface area contributed by atoms with Crippen LogP contribution in [0.3, 0.4) is 0 Å². The monoisotopic (exact) mass is 369 g/mol. The lowest BCUT2D eigenvalue weighted by Crippen LogP contribution is -2.31. The average molecular weight is 369 g/mol. The molecule has 26 heavy (non-hydrogen) atoms. The van der Waals surface area contributed by atoms with Crippen molar-refractivity contribution in [2.24, 2.45) is 5.73 Å². The van der Waals surface area contributed by atoms with Gasteiger partial charge in [0.05, 0.1) is 11.7 Å². The fraction of sp³-hybridized carbons (Fsp3) is 0.294. The van der Waals surface area contributed by atoms with Gasteiger partial charge in [-0.3, -0.25) is 4.79 Å². The number of carbonyl (C=O) groups is 1. The molecule has 0 aromatic carbocycles. The topological polar surface area (TPSA) is 120 Å². The Morgan fingerprint density at radius 2 is 1.92 bits per heavy atom. The second-order valence-electron chi connectivity index (χ2n) is 6.16. The molecule has 0 saturated heterocycles. The molecule has 0 aliphatic carbocycles. The molecule has 9 heteroatoms. The molecule has 0 aliphatic heterocycles. The fourth-order valence-corrected chi connectivity index (χ4v) is 3.00. The lowest BCUT2D eigenvalue weighted by molar-refractivity contribution is 0.100. The first-order chi connectivity index (χ1) is 12.4. The standard InChI is InChI=1S/C17H19N7OS/c1-4-11-5-6-19-15(23-11)17(2,3)24-16-21-7-10(8-22-16)14-20-9-12(26-14)13(18)25/h5-9H,4H2,1-3H3,(H2,18,25)(H,21,22,24). The number of aromatic nitrogens is 5. The van der Waals surface area contributed by atoms with E-state index in [-0.39, 0.29) is 0 Å². The first kappa shape index (κ1) is 17.9. The molecule has 0 bridgehead atoms. The first-order valence-electron chi connectivity index (χ1n) is 8.07. The predicted molar refractivity (Wildman–Crippen MR) is 99.7 cm³/mol. The highest BCUT2D eigenvalue weighted by atomic mass is 32.1. The number of nitrogens with two attached hydrogens (primary N) is 1. The Morgan fingerprint density at radius 1 is 1.19 bits per heavy atom. The van der Waals surface area contributed by atoms with Gasteiger partial charge in [-0.25, -0.2) is 24.9 Å². The zero-order chi connectivity index (χ0) is 18.7. The molecule has 3 heterocycles. The minimum Gasteiger partial charge on any atom is -0.365 e. The van der Waals surface area contributed by atoms with Gasteiger partial charge in [-0.1, -0.05) is 6.92 Å². The third kappa shape index (κ3) is 3.83. The maximum absolute atomic E-state index is 11.2. The lowest BCUT2D eigenvalue weighted by atomic mass is 10.0. The number of primary amides is 1. The molecule has 134 valence electrons. The molecule has 0 fully saturated rings. The molecule has 0 aliphatic rings. The van der Waals surface area contributed by atoms with Crippen LogP contribution in [0.5, 0.6) is 0 Å². The van der Waals surface area contributed by atoms with Gasteiger partial charge < -0.3 is 11.1 Å². The van der Waals surface area contributed by atoms with Gasteiger partial charge in [-0.2, -0.15) is 0 Å². The number of hydrogen-bond acceptors (Lipinski definition) is 8. The van der Waals surface area contributed by atoms with Crippen LogP contribution in [0.25, 0.3) is 10.6 Å². The molecule has 0 unspecified atom stereocenters. The molecule has 3 N–H and O–H groups in total. The van der Waals surface area contributed by atoms with Gasteiger partial charge in [-0.15, -0.1) is 11.3 Å². The molecule has 0 atom stereocenters. The van der Waals surface area contributed by atoms with E-state index in [1.54, 1.807) is 18.6 Å². The van der Waals surface area contributed by atoms with Crippen molar-refractivity contribution in [3.8, 4) is 10.6 Å². The van der Waals surface area contributed by atoms with Crippen LogP contribution in [0, 0.1) is 0 Å². The van der Waals surface area contributed by atoms with E-state index in [2.05, 4.69) is 37.2 Å². The van der Waals surface area contributed by atoms with Crippen molar-refractivity contribution in [2.45, 2.75) is 32.7 Å². The Bertz CT molecular complexity index is 921. The van der Waals surface area contributed by atoms with Gasteiger partial charge in [0.1, 0.15) is 9.88 Å². The number of nitrogens with zero attached hydrogens (tertiary/aromatic N) is 5. The summed E-state index contributed by atoms with van der Waals surface area (Å²) in [5.41, 5.74) is 6.42. The van der Waals surface area contributed by atoms with E-state index in [1.165, 1.54) is 17.5 Å². The SMILES string of the molecule is CCc1ccnc(C(C)(C)Nc2ncc(-c3ncc(C(N)=O)s3)cn2)n1. The zero-order valence-corrected chi connectivity index (χ0v) is 15.5. The van der Waals surface area contributed by atoms with Crippen molar-refractivity contribution >= 4 is 23.2 Å². The van der Waals surface area contributed by atoms with Crippen molar-refractivity contribution in [1.82, 2.24) is 24.9 Å². The van der Waals surface area contributed by atoms with Crippen molar-refractivity contribution < 1.29 is 4.79 Å². The predicted octanol–water partition coefficient (Wildman–Crippen LogP) is 2.40. The van der Waals surface area contributed by atoms with Gasteiger partial charge in [0.15, 0.2) is 5.82 Å². The summed E-state index contributed by atoms with van der Waals surface area (Å²) < 4.78 is 0. The van der Waals surface area contributed by atoms with Gasteiger partial charge in [0, 0.05) is 29.8 Å². The maximum Gasteiger partial charge on any atom is 0.260 e. The van der Waals surface area contributed by atoms with Crippen LogP contribution >= 0.6 is 11.3 Å². The summed E-state index contributed by atoms with van der Waals surface area (Å²) in [6.45, 7) is 5.99. The highest BCUT2D eigenvalue weighted by Gasteiger charge is 2.25. The number of carbonyl (C=O) groups excluding carboxylic acids is 1. The van der Waals surface area contributed by atoms with Crippen molar-refractivity contribution in [3.63, 3.8) is 0 Å². The minimum absolute atomic E-state index is 0.399. The number of hydrogen-bond donors (Lipinski definition) is 2. The third-order valence-corrected chi connectivity index (χ3v) is 4.77. The van der Waals surface area contributed by atoms with Crippen molar-refractivity contribution in [3.05, 3.63) is 47.2 Å². The summed E-state index contributed by atoms with van der Waals surface area (Å²) in [6, 6.07) is 1.90. The Hall–Kier alpha value is -2.94. The summed E-state index contributed by atoms with van der Waals surface area (Å²) in [5, 5.41) is 3.89. The molecule has 0 spiro atoms. The second-order valence-corrected chi connectivity index (χ2v) is 7.20. The summed E-state index contributed by atoms with van der Waals surface area (Å²) in [6.07, 6.45) is 7.36. The molecule has 1 amide bonds. The highest BCUT2D eigenvalue weighted by molar-refractivity contribution is 7.16. The summed E-state index contributed by atoms with van der Waals surface area (Å²) in [4.78, 5) is 33.3. The van der Waals surface area contributed by atoms with Gasteiger partial charge in [0.2, 0.25) is 5.95 Å². The van der Waals surface area contributed by atoms with Crippen LogP contribution < -0.4 is 11.1 Å². The first-order valence-corrected chi connectivity index (χ1v) is 8.89. The second kappa shape index (κ2) is 7.12. The molecular weight excluding hydrogens is 350 g/mol. The zero-order valence-electron chi connectivity index (χ0n) is 14.7. The Kier molecular flexibility index (Phi) is 4.90. The van der Waals surface area contributed by atoms with Crippen LogP contribution in [0.1, 0.15) is 42.0 Å². The molecule has 8 nitrogen and oxygen atoms in total. The Balaban J connectivity index is 1.78. The van der Waals surface area contributed by atoms with Crippen LogP contribution in [-0.2, 0) is 12.0 Å². The molecule has 0 saturated carbocycles. The van der Waals surface area contributed by atoms with E-state index in [9.17, 15) is 4.79 Å². The van der Waals surface area contributed by atoms with Crippen molar-refractivity contribution in [2.75, 3.05) is 5.32 Å². The quantitative estimate of drug-likeness (QED) is 0.684. The molecule has 3 aromatic rings. The molecular formula is C17H19N7OS. The van der Waals surface area contributed by atoms with Gasteiger partial charge in [0.25, 0.3) is 5.91 Å². The normalized spacial score (nSPS) is 11.3.